The van der Waals surface area contributed by atoms with Crippen LogP contribution in [0.5, 0.6) is 0 Å². The molecule has 0 aliphatic carbocycles. The van der Waals surface area contributed by atoms with Crippen LogP contribution in [0, 0.1) is 0 Å². The van der Waals surface area contributed by atoms with Crippen LogP contribution in [0.3, 0.4) is 0 Å². The number of fused-ring (bicyclic) bond motifs is 1. The minimum absolute atomic E-state index is 0.0107. The molecular weight excluding hydrogens is 463 g/mol. The molecule has 3 N–H and O–H groups in total. The molecule has 2 unspecified atom stereocenters. The number of aromatic amines is 1. The highest BCUT2D eigenvalue weighted by molar-refractivity contribution is 7.89. The van der Waals surface area contributed by atoms with Crippen molar-refractivity contribution < 1.29 is 25.9 Å². The molecule has 2 rings (SSSR count). The molecule has 1 aromatic heterocycles. The zero-order valence-corrected chi connectivity index (χ0v) is 19.2. The predicted octanol–water partition coefficient (Wildman–Crippen LogP) is 3.89. The molecule has 164 valence electrons. The standard InChI is InChI=1S/C17H24Cl2N2O6S2/c1-3-16(18,28(22,23)24)7-5-12-9-14-15(21-11-20-14)10-13(12)6-8-17(19,4-2)29(25,26)27/h9-11H,3-8H2,1-2H3,(H,20,21)(H,22,23,24)(H,25,26,27). The molecule has 2 aromatic rings. The van der Waals surface area contributed by atoms with Crippen LogP contribution >= 0.6 is 23.2 Å². The molecule has 8 nitrogen and oxygen atoms in total. The van der Waals surface area contributed by atoms with Gasteiger partial charge < -0.3 is 4.98 Å². The molecule has 0 amide bonds. The Morgan fingerprint density at radius 1 is 0.931 bits per heavy atom. The number of aromatic nitrogens is 2. The average Bonchev–Trinajstić information content (AvgIpc) is 3.08. The van der Waals surface area contributed by atoms with Gasteiger partial charge in [-0.25, -0.2) is 4.98 Å². The monoisotopic (exact) mass is 486 g/mol. The maximum atomic E-state index is 11.7. The average molecular weight is 487 g/mol. The van der Waals surface area contributed by atoms with Gasteiger partial charge >= 0.3 is 0 Å². The number of hydrogen-bond acceptors (Lipinski definition) is 5. The number of alkyl halides is 2. The molecule has 0 radical (unpaired) electrons. The summed E-state index contributed by atoms with van der Waals surface area (Å²) >= 11 is 12.3. The van der Waals surface area contributed by atoms with Gasteiger partial charge in [0.25, 0.3) is 20.2 Å². The Kier molecular flexibility index (Phi) is 7.29. The second-order valence-electron chi connectivity index (χ2n) is 6.96. The van der Waals surface area contributed by atoms with Gasteiger partial charge in [-0.05, 0) is 61.8 Å². The van der Waals surface area contributed by atoms with E-state index in [-0.39, 0.29) is 38.5 Å². The zero-order chi connectivity index (χ0) is 22.1. The summed E-state index contributed by atoms with van der Waals surface area (Å²) in [5.74, 6) is 0. The molecule has 0 spiro atoms. The second-order valence-corrected chi connectivity index (χ2v) is 12.3. The van der Waals surface area contributed by atoms with Crippen LogP contribution in [0.25, 0.3) is 11.0 Å². The number of halogens is 2. The van der Waals surface area contributed by atoms with Gasteiger partial charge in [-0.2, -0.15) is 16.8 Å². The lowest BCUT2D eigenvalue weighted by atomic mass is 9.96. The van der Waals surface area contributed by atoms with Crippen molar-refractivity contribution >= 4 is 54.5 Å². The number of nitrogens with zero attached hydrogens (tertiary/aromatic N) is 1. The van der Waals surface area contributed by atoms with E-state index in [2.05, 4.69) is 9.97 Å². The van der Waals surface area contributed by atoms with Crippen LogP contribution in [0.4, 0.5) is 0 Å². The predicted molar refractivity (Wildman–Crippen MR) is 114 cm³/mol. The van der Waals surface area contributed by atoms with E-state index >= 15 is 0 Å². The molecule has 12 heteroatoms. The molecule has 1 heterocycles. The van der Waals surface area contributed by atoms with E-state index < -0.39 is 28.6 Å². The van der Waals surface area contributed by atoms with Crippen molar-refractivity contribution in [1.82, 2.24) is 9.97 Å². The molecule has 0 saturated carbocycles. The largest absolute Gasteiger partial charge is 0.345 e. The first kappa shape index (κ1) is 24.4. The van der Waals surface area contributed by atoms with Gasteiger partial charge in [0.15, 0.2) is 8.41 Å². The lowest BCUT2D eigenvalue weighted by Crippen LogP contribution is -2.32. The summed E-state index contributed by atoms with van der Waals surface area (Å²) in [5.41, 5.74) is 2.79. The normalized spacial score (nSPS) is 17.2. The third-order valence-corrected chi connectivity index (χ3v) is 10.2. The van der Waals surface area contributed by atoms with Crippen molar-refractivity contribution in [1.29, 1.82) is 0 Å². The number of aryl methyl sites for hydroxylation is 2. The second kappa shape index (κ2) is 8.68. The molecular formula is C17H24Cl2N2O6S2. The highest BCUT2D eigenvalue weighted by Crippen LogP contribution is 2.35. The van der Waals surface area contributed by atoms with Crippen LogP contribution in [-0.4, -0.2) is 44.3 Å². The summed E-state index contributed by atoms with van der Waals surface area (Å²) in [5, 5.41) is 0. The summed E-state index contributed by atoms with van der Waals surface area (Å²) in [4.78, 5) is 7.14. The van der Waals surface area contributed by atoms with Gasteiger partial charge in [0.1, 0.15) is 0 Å². The quantitative estimate of drug-likeness (QED) is 0.341. The van der Waals surface area contributed by atoms with E-state index in [9.17, 15) is 25.9 Å². The fourth-order valence-electron chi connectivity index (χ4n) is 3.15. The Labute approximate surface area is 180 Å². The first-order valence-corrected chi connectivity index (χ1v) is 12.7. The number of rotatable bonds is 10. The van der Waals surface area contributed by atoms with Crippen molar-refractivity contribution in [2.24, 2.45) is 0 Å². The molecule has 0 fully saturated rings. The SMILES string of the molecule is CCC(Cl)(CCc1cc2nc[nH]c2cc1CCC(Cl)(CC)S(=O)(=O)O)S(=O)(=O)O. The van der Waals surface area contributed by atoms with Crippen LogP contribution < -0.4 is 0 Å². The van der Waals surface area contributed by atoms with Gasteiger partial charge in [0.2, 0.25) is 0 Å². The van der Waals surface area contributed by atoms with Gasteiger partial charge in [-0.3, -0.25) is 9.11 Å². The third kappa shape index (κ3) is 5.23. The third-order valence-electron chi connectivity index (χ3n) is 5.26. The number of imidazole rings is 1. The van der Waals surface area contributed by atoms with E-state index in [0.717, 1.165) is 5.52 Å². The van der Waals surface area contributed by atoms with E-state index in [4.69, 9.17) is 23.2 Å². The fourth-order valence-corrected chi connectivity index (χ4v) is 4.79. The Hall–Kier alpha value is -0.910. The minimum Gasteiger partial charge on any atom is -0.345 e. The molecule has 29 heavy (non-hydrogen) atoms. The van der Waals surface area contributed by atoms with Gasteiger partial charge in [-0.15, -0.1) is 0 Å². The number of nitrogens with one attached hydrogen (secondary N) is 1. The molecule has 0 bridgehead atoms. The molecule has 0 aliphatic rings. The highest BCUT2D eigenvalue weighted by Gasteiger charge is 2.40. The van der Waals surface area contributed by atoms with E-state index in [1.807, 2.05) is 0 Å². The minimum atomic E-state index is -4.48. The Bertz CT molecular complexity index is 1000. The summed E-state index contributed by atoms with van der Waals surface area (Å²) in [7, 11) is -8.95. The Balaban J connectivity index is 2.37. The Morgan fingerprint density at radius 3 is 1.79 bits per heavy atom. The van der Waals surface area contributed by atoms with E-state index in [0.29, 0.717) is 16.6 Å². The van der Waals surface area contributed by atoms with Crippen LogP contribution in [0.15, 0.2) is 18.5 Å². The van der Waals surface area contributed by atoms with Gasteiger partial charge in [0, 0.05) is 0 Å². The fraction of sp³-hybridized carbons (Fsp3) is 0.588. The number of H-pyrrole nitrogens is 1. The summed E-state index contributed by atoms with van der Waals surface area (Å²) in [6.45, 7) is 3.13. The summed E-state index contributed by atoms with van der Waals surface area (Å²) < 4.78 is 61.9. The Morgan fingerprint density at radius 2 is 1.38 bits per heavy atom. The maximum absolute atomic E-state index is 11.7. The van der Waals surface area contributed by atoms with E-state index in [1.165, 1.54) is 6.33 Å². The molecule has 0 saturated heterocycles. The number of hydrogen-bond donors (Lipinski definition) is 3. The highest BCUT2D eigenvalue weighted by atomic mass is 35.5. The van der Waals surface area contributed by atoms with Crippen LogP contribution in [0.1, 0.15) is 50.7 Å². The van der Waals surface area contributed by atoms with Crippen molar-refractivity contribution in [2.75, 3.05) is 0 Å². The topological polar surface area (TPSA) is 137 Å². The van der Waals surface area contributed by atoms with Crippen molar-refractivity contribution in [2.45, 2.75) is 60.8 Å². The van der Waals surface area contributed by atoms with Gasteiger partial charge in [-0.1, -0.05) is 37.0 Å². The van der Waals surface area contributed by atoms with Crippen LogP contribution in [-0.2, 0) is 33.1 Å². The van der Waals surface area contributed by atoms with E-state index in [1.54, 1.807) is 26.0 Å². The maximum Gasteiger partial charge on any atom is 0.284 e. The first-order chi connectivity index (χ1) is 13.3. The smallest absolute Gasteiger partial charge is 0.284 e. The summed E-state index contributed by atoms with van der Waals surface area (Å²) in [6, 6.07) is 3.54. The number of benzene rings is 1. The lowest BCUT2D eigenvalue weighted by Gasteiger charge is -2.24. The summed E-state index contributed by atoms with van der Waals surface area (Å²) in [6.07, 6.45) is 1.86. The van der Waals surface area contributed by atoms with Crippen molar-refractivity contribution in [3.8, 4) is 0 Å². The molecule has 2 atom stereocenters. The van der Waals surface area contributed by atoms with Crippen molar-refractivity contribution in [3.05, 3.63) is 29.6 Å². The lowest BCUT2D eigenvalue weighted by molar-refractivity contribution is 0.443. The van der Waals surface area contributed by atoms with Crippen molar-refractivity contribution in [3.63, 3.8) is 0 Å². The molecule has 1 aromatic carbocycles. The molecule has 0 aliphatic heterocycles. The van der Waals surface area contributed by atoms with Gasteiger partial charge in [0.05, 0.1) is 17.4 Å². The first-order valence-electron chi connectivity index (χ1n) is 9.03. The zero-order valence-electron chi connectivity index (χ0n) is 16.0. The van der Waals surface area contributed by atoms with Crippen LogP contribution in [0.2, 0.25) is 0 Å².